The second kappa shape index (κ2) is 10.1. The van der Waals surface area contributed by atoms with Crippen LogP contribution in [0.4, 0.5) is 0 Å². The lowest BCUT2D eigenvalue weighted by atomic mass is 10.1. The third kappa shape index (κ3) is 6.52. The number of amides is 1. The number of hydrogen-bond donors (Lipinski definition) is 1. The molecule has 0 aliphatic heterocycles. The third-order valence-corrected chi connectivity index (χ3v) is 3.45. The van der Waals surface area contributed by atoms with Crippen molar-refractivity contribution in [2.45, 2.75) is 52.0 Å². The topological polar surface area (TPSA) is 47.6 Å². The fourth-order valence-electron chi connectivity index (χ4n) is 2.17. The molecule has 0 atom stereocenters. The summed E-state index contributed by atoms with van der Waals surface area (Å²) in [6, 6.07) is 5.67. The molecule has 0 aliphatic rings. The zero-order chi connectivity index (χ0) is 15.5. The Morgan fingerprint density at radius 1 is 1.05 bits per heavy atom. The number of methoxy groups -OCH3 is 2. The van der Waals surface area contributed by atoms with Crippen LogP contribution in [0, 0.1) is 0 Å². The molecule has 0 bridgehead atoms. The summed E-state index contributed by atoms with van der Waals surface area (Å²) in [5, 5.41) is 2.94. The normalized spacial score (nSPS) is 10.2. The number of rotatable bonds is 10. The van der Waals surface area contributed by atoms with E-state index in [2.05, 4.69) is 12.2 Å². The van der Waals surface area contributed by atoms with E-state index in [-0.39, 0.29) is 5.91 Å². The third-order valence-electron chi connectivity index (χ3n) is 3.45. The van der Waals surface area contributed by atoms with Gasteiger partial charge in [-0.25, -0.2) is 0 Å². The molecular formula is C17H27NO3. The van der Waals surface area contributed by atoms with Crippen molar-refractivity contribution < 1.29 is 14.3 Å². The van der Waals surface area contributed by atoms with Crippen LogP contribution < -0.4 is 14.8 Å². The Morgan fingerprint density at radius 2 is 1.76 bits per heavy atom. The highest BCUT2D eigenvalue weighted by molar-refractivity contribution is 5.75. The summed E-state index contributed by atoms with van der Waals surface area (Å²) in [5.41, 5.74) is 1.01. The summed E-state index contributed by atoms with van der Waals surface area (Å²) < 4.78 is 10.4. The van der Waals surface area contributed by atoms with E-state index >= 15 is 0 Å². The van der Waals surface area contributed by atoms with Crippen molar-refractivity contribution in [2.24, 2.45) is 0 Å². The van der Waals surface area contributed by atoms with Crippen LogP contribution in [0.3, 0.4) is 0 Å². The fraction of sp³-hybridized carbons (Fsp3) is 0.588. The lowest BCUT2D eigenvalue weighted by Crippen LogP contribution is -2.22. The SMILES string of the molecule is CCCCCCCC(=O)NCc1ccc(OC)c(OC)c1. The van der Waals surface area contributed by atoms with Gasteiger partial charge in [0.15, 0.2) is 11.5 Å². The quantitative estimate of drug-likeness (QED) is 0.669. The molecule has 0 radical (unpaired) electrons. The minimum absolute atomic E-state index is 0.112. The Morgan fingerprint density at radius 3 is 2.43 bits per heavy atom. The van der Waals surface area contributed by atoms with Crippen LogP contribution in [0.15, 0.2) is 18.2 Å². The maximum atomic E-state index is 11.8. The van der Waals surface area contributed by atoms with E-state index in [9.17, 15) is 4.79 Å². The standard InChI is InChI=1S/C17H27NO3/c1-4-5-6-7-8-9-17(19)18-13-14-10-11-15(20-2)16(12-14)21-3/h10-12H,4-9,13H2,1-3H3,(H,18,19). The molecule has 0 spiro atoms. The molecule has 21 heavy (non-hydrogen) atoms. The van der Waals surface area contributed by atoms with Gasteiger partial charge in [0.05, 0.1) is 14.2 Å². The second-order valence-corrected chi connectivity index (χ2v) is 5.13. The minimum Gasteiger partial charge on any atom is -0.493 e. The monoisotopic (exact) mass is 293 g/mol. The summed E-state index contributed by atoms with van der Waals surface area (Å²) >= 11 is 0. The average molecular weight is 293 g/mol. The number of benzene rings is 1. The Kier molecular flexibility index (Phi) is 8.32. The van der Waals surface area contributed by atoms with Crippen LogP contribution >= 0.6 is 0 Å². The number of carbonyl (C=O) groups is 1. The molecule has 1 rings (SSSR count). The zero-order valence-electron chi connectivity index (χ0n) is 13.4. The van der Waals surface area contributed by atoms with Gasteiger partial charge >= 0.3 is 0 Å². The number of carbonyl (C=O) groups excluding carboxylic acids is 1. The van der Waals surface area contributed by atoms with Crippen LogP contribution in [0.2, 0.25) is 0 Å². The number of nitrogens with one attached hydrogen (secondary N) is 1. The van der Waals surface area contributed by atoms with Gasteiger partial charge in [0.2, 0.25) is 5.91 Å². The maximum Gasteiger partial charge on any atom is 0.220 e. The first-order valence-corrected chi connectivity index (χ1v) is 7.68. The second-order valence-electron chi connectivity index (χ2n) is 5.13. The zero-order valence-corrected chi connectivity index (χ0v) is 13.4. The van der Waals surface area contributed by atoms with Crippen molar-refractivity contribution in [1.82, 2.24) is 5.32 Å². The molecule has 1 N–H and O–H groups in total. The van der Waals surface area contributed by atoms with E-state index in [1.54, 1.807) is 14.2 Å². The van der Waals surface area contributed by atoms with Gasteiger partial charge < -0.3 is 14.8 Å². The number of unbranched alkanes of at least 4 members (excludes halogenated alkanes) is 4. The predicted octanol–water partition coefficient (Wildman–Crippen LogP) is 3.68. The van der Waals surface area contributed by atoms with Gasteiger partial charge in [-0.1, -0.05) is 38.7 Å². The highest BCUT2D eigenvalue weighted by Crippen LogP contribution is 2.27. The van der Waals surface area contributed by atoms with Gasteiger partial charge in [-0.2, -0.15) is 0 Å². The Balaban J connectivity index is 2.32. The van der Waals surface area contributed by atoms with Crippen LogP contribution in [-0.4, -0.2) is 20.1 Å². The van der Waals surface area contributed by atoms with Gasteiger partial charge in [-0.3, -0.25) is 4.79 Å². The van der Waals surface area contributed by atoms with Crippen molar-refractivity contribution in [3.8, 4) is 11.5 Å². The van der Waals surface area contributed by atoms with E-state index in [0.29, 0.717) is 24.5 Å². The van der Waals surface area contributed by atoms with Crippen LogP contribution in [0.25, 0.3) is 0 Å². The summed E-state index contributed by atoms with van der Waals surface area (Å²) in [4.78, 5) is 11.8. The molecule has 0 fully saturated rings. The van der Waals surface area contributed by atoms with Gasteiger partial charge in [-0.15, -0.1) is 0 Å². The van der Waals surface area contributed by atoms with Crippen LogP contribution in [0.1, 0.15) is 51.0 Å². The minimum atomic E-state index is 0.112. The molecule has 1 aromatic rings. The van der Waals surface area contributed by atoms with Crippen molar-refractivity contribution in [1.29, 1.82) is 0 Å². The summed E-state index contributed by atoms with van der Waals surface area (Å²) in [6.45, 7) is 2.71. The first kappa shape index (κ1) is 17.3. The lowest BCUT2D eigenvalue weighted by Gasteiger charge is -2.10. The van der Waals surface area contributed by atoms with Gasteiger partial charge in [0.25, 0.3) is 0 Å². The summed E-state index contributed by atoms with van der Waals surface area (Å²) in [7, 11) is 3.22. The highest BCUT2D eigenvalue weighted by Gasteiger charge is 2.06. The smallest absolute Gasteiger partial charge is 0.220 e. The molecule has 0 saturated heterocycles. The molecule has 1 aromatic carbocycles. The largest absolute Gasteiger partial charge is 0.493 e. The molecule has 0 unspecified atom stereocenters. The van der Waals surface area contributed by atoms with Gasteiger partial charge in [0, 0.05) is 13.0 Å². The Hall–Kier alpha value is -1.71. The van der Waals surface area contributed by atoms with E-state index in [1.807, 2.05) is 18.2 Å². The van der Waals surface area contributed by atoms with Crippen molar-refractivity contribution >= 4 is 5.91 Å². The van der Waals surface area contributed by atoms with Gasteiger partial charge in [-0.05, 0) is 24.1 Å². The molecule has 0 aliphatic carbocycles. The first-order chi connectivity index (χ1) is 10.2. The molecule has 0 aromatic heterocycles. The van der Waals surface area contributed by atoms with E-state index in [0.717, 1.165) is 18.4 Å². The first-order valence-electron chi connectivity index (χ1n) is 7.68. The van der Waals surface area contributed by atoms with Crippen molar-refractivity contribution in [2.75, 3.05) is 14.2 Å². The highest BCUT2D eigenvalue weighted by atomic mass is 16.5. The summed E-state index contributed by atoms with van der Waals surface area (Å²) in [5.74, 6) is 1.49. The van der Waals surface area contributed by atoms with Crippen LogP contribution in [0.5, 0.6) is 11.5 Å². The van der Waals surface area contributed by atoms with Crippen molar-refractivity contribution in [3.05, 3.63) is 23.8 Å². The predicted molar refractivity (Wildman–Crippen MR) is 84.8 cm³/mol. The fourth-order valence-corrected chi connectivity index (χ4v) is 2.17. The van der Waals surface area contributed by atoms with Gasteiger partial charge in [0.1, 0.15) is 0 Å². The lowest BCUT2D eigenvalue weighted by molar-refractivity contribution is -0.121. The summed E-state index contributed by atoms with van der Waals surface area (Å²) in [6.07, 6.45) is 6.42. The Labute approximate surface area is 127 Å². The number of hydrogen-bond acceptors (Lipinski definition) is 3. The van der Waals surface area contributed by atoms with E-state index in [1.165, 1.54) is 19.3 Å². The Bertz CT molecular complexity index is 432. The van der Waals surface area contributed by atoms with Crippen molar-refractivity contribution in [3.63, 3.8) is 0 Å². The molecule has 0 saturated carbocycles. The average Bonchev–Trinajstić information content (AvgIpc) is 2.52. The maximum absolute atomic E-state index is 11.8. The molecule has 1 amide bonds. The molecule has 4 heteroatoms. The van der Waals surface area contributed by atoms with Crippen LogP contribution in [-0.2, 0) is 11.3 Å². The number of ether oxygens (including phenoxy) is 2. The molecule has 4 nitrogen and oxygen atoms in total. The molecular weight excluding hydrogens is 266 g/mol. The molecule has 0 heterocycles. The molecule has 118 valence electrons. The van der Waals surface area contributed by atoms with E-state index in [4.69, 9.17) is 9.47 Å². The van der Waals surface area contributed by atoms with E-state index < -0.39 is 0 Å².